The van der Waals surface area contributed by atoms with Gasteiger partial charge in [0.05, 0.1) is 6.07 Å². The van der Waals surface area contributed by atoms with E-state index in [-0.39, 0.29) is 5.82 Å². The van der Waals surface area contributed by atoms with Gasteiger partial charge < -0.3 is 5.32 Å². The topological polar surface area (TPSA) is 70.0 Å². The van der Waals surface area contributed by atoms with Crippen LogP contribution < -0.4 is 5.32 Å². The van der Waals surface area contributed by atoms with E-state index in [1.807, 2.05) is 0 Å². The normalized spacial score (nSPS) is 11.7. The minimum absolute atomic E-state index is 0.384. The number of para-hydroxylation sites is 1. The lowest BCUT2D eigenvalue weighted by atomic mass is 10.0. The van der Waals surface area contributed by atoms with Crippen LogP contribution in [0.5, 0.6) is 0 Å². The molecule has 1 N–H and O–H groups in total. The van der Waals surface area contributed by atoms with Crippen molar-refractivity contribution in [2.75, 3.05) is 5.32 Å². The van der Waals surface area contributed by atoms with E-state index in [0.717, 1.165) is 6.08 Å². The highest BCUT2D eigenvalue weighted by Crippen LogP contribution is 2.10. The molecule has 23 heavy (non-hydrogen) atoms. The number of benzene rings is 2. The van der Waals surface area contributed by atoms with Crippen molar-refractivity contribution in [3.8, 4) is 6.07 Å². The van der Waals surface area contributed by atoms with Crippen LogP contribution >= 0.6 is 0 Å². The largest absolute Gasteiger partial charge is 0.325 e. The van der Waals surface area contributed by atoms with Crippen LogP contribution in [0, 0.1) is 23.1 Å². The van der Waals surface area contributed by atoms with E-state index in [0.29, 0.717) is 11.3 Å². The summed E-state index contributed by atoms with van der Waals surface area (Å²) in [6, 6.07) is 15.8. The first kappa shape index (κ1) is 16.1. The summed E-state index contributed by atoms with van der Waals surface area (Å²) in [5.41, 5.74) is 1.10. The monoisotopic (exact) mass is 308 g/mol. The lowest BCUT2D eigenvalue weighted by Gasteiger charge is -2.07. The number of nitrogens with zero attached hydrogens (tertiary/aromatic N) is 1. The molecule has 4 nitrogen and oxygen atoms in total. The zero-order chi connectivity index (χ0) is 16.7. The summed E-state index contributed by atoms with van der Waals surface area (Å²) in [4.78, 5) is 24.0. The van der Waals surface area contributed by atoms with Crippen LogP contribution in [0.1, 0.15) is 5.56 Å². The number of carbonyl (C=O) groups is 2. The van der Waals surface area contributed by atoms with Gasteiger partial charge >= 0.3 is 0 Å². The minimum Gasteiger partial charge on any atom is -0.325 e. The number of halogens is 1. The lowest BCUT2D eigenvalue weighted by Crippen LogP contribution is -2.27. The van der Waals surface area contributed by atoms with E-state index in [4.69, 9.17) is 5.26 Å². The van der Waals surface area contributed by atoms with Crippen LogP contribution in [0.3, 0.4) is 0 Å². The zero-order valence-electron chi connectivity index (χ0n) is 12.1. The van der Waals surface area contributed by atoms with Gasteiger partial charge in [0.25, 0.3) is 0 Å². The molecule has 0 fully saturated rings. The number of hydrogen-bond acceptors (Lipinski definition) is 3. The quantitative estimate of drug-likeness (QED) is 0.681. The molecular weight excluding hydrogens is 295 g/mol. The summed E-state index contributed by atoms with van der Waals surface area (Å²) in [7, 11) is 0. The number of hydrogen-bond donors (Lipinski definition) is 1. The van der Waals surface area contributed by atoms with Crippen molar-refractivity contribution < 1.29 is 14.0 Å². The lowest BCUT2D eigenvalue weighted by molar-refractivity contribution is -0.126. The van der Waals surface area contributed by atoms with Gasteiger partial charge in [0.2, 0.25) is 5.91 Å². The van der Waals surface area contributed by atoms with E-state index in [1.54, 1.807) is 36.4 Å². The maximum absolute atomic E-state index is 12.8. The molecule has 1 atom stereocenters. The summed E-state index contributed by atoms with van der Waals surface area (Å²) in [6.07, 6.45) is 2.58. The number of nitrogens with one attached hydrogen (secondary N) is 1. The Morgan fingerprint density at radius 3 is 2.35 bits per heavy atom. The molecule has 0 heterocycles. The molecule has 0 bridgehead atoms. The van der Waals surface area contributed by atoms with Crippen LogP contribution in [0.2, 0.25) is 0 Å². The second-order valence-electron chi connectivity index (χ2n) is 4.70. The third-order valence-corrected chi connectivity index (χ3v) is 3.03. The predicted molar refractivity (Wildman–Crippen MR) is 84.6 cm³/mol. The van der Waals surface area contributed by atoms with Crippen molar-refractivity contribution >= 4 is 23.5 Å². The van der Waals surface area contributed by atoms with Crippen LogP contribution in [0.4, 0.5) is 10.1 Å². The molecule has 0 aliphatic heterocycles. The standard InChI is InChI=1S/C18H13FN2O2/c19-14-9-6-13(7-10-14)8-11-17(22)16(12-20)18(23)21-15-4-2-1-3-5-15/h1-11,16H,(H,21,23)/b11-8+. The van der Waals surface area contributed by atoms with Gasteiger partial charge in [-0.3, -0.25) is 9.59 Å². The average molecular weight is 308 g/mol. The van der Waals surface area contributed by atoms with Crippen molar-refractivity contribution in [3.63, 3.8) is 0 Å². The Kier molecular flexibility index (Phi) is 5.37. The molecule has 2 aromatic rings. The minimum atomic E-state index is -1.44. The maximum Gasteiger partial charge on any atom is 0.249 e. The predicted octanol–water partition coefficient (Wildman–Crippen LogP) is 3.19. The highest BCUT2D eigenvalue weighted by atomic mass is 19.1. The molecule has 0 aliphatic carbocycles. The van der Waals surface area contributed by atoms with E-state index >= 15 is 0 Å². The van der Waals surface area contributed by atoms with Gasteiger partial charge in [0.1, 0.15) is 5.82 Å². The number of rotatable bonds is 5. The molecular formula is C18H13FN2O2. The van der Waals surface area contributed by atoms with E-state index in [2.05, 4.69) is 5.32 Å². The van der Waals surface area contributed by atoms with Crippen molar-refractivity contribution in [1.82, 2.24) is 0 Å². The Labute approximate surface area is 132 Å². The Hall–Kier alpha value is -3.26. The van der Waals surface area contributed by atoms with Crippen LogP contribution in [-0.4, -0.2) is 11.7 Å². The average Bonchev–Trinajstić information content (AvgIpc) is 2.56. The van der Waals surface area contributed by atoms with Crippen molar-refractivity contribution in [2.45, 2.75) is 0 Å². The first-order valence-corrected chi connectivity index (χ1v) is 6.83. The molecule has 114 valence electrons. The third-order valence-electron chi connectivity index (χ3n) is 3.03. The van der Waals surface area contributed by atoms with Gasteiger partial charge in [-0.1, -0.05) is 36.4 Å². The molecule has 1 amide bonds. The van der Waals surface area contributed by atoms with Gasteiger partial charge in [-0.15, -0.1) is 0 Å². The number of ketones is 1. The molecule has 0 spiro atoms. The van der Waals surface area contributed by atoms with Gasteiger partial charge in [-0.2, -0.15) is 5.26 Å². The number of allylic oxidation sites excluding steroid dienone is 1. The van der Waals surface area contributed by atoms with Gasteiger partial charge in [-0.05, 0) is 35.9 Å². The molecule has 2 aromatic carbocycles. The SMILES string of the molecule is N#CC(C(=O)/C=C/c1ccc(F)cc1)C(=O)Nc1ccccc1. The Morgan fingerprint density at radius 1 is 1.09 bits per heavy atom. The molecule has 0 saturated carbocycles. The fourth-order valence-electron chi connectivity index (χ4n) is 1.84. The number of anilines is 1. The summed E-state index contributed by atoms with van der Waals surface area (Å²) in [5.74, 6) is -3.14. The first-order valence-electron chi connectivity index (χ1n) is 6.83. The molecule has 2 rings (SSSR count). The van der Waals surface area contributed by atoms with E-state index < -0.39 is 17.6 Å². The van der Waals surface area contributed by atoms with Crippen LogP contribution in [-0.2, 0) is 9.59 Å². The fraction of sp³-hybridized carbons (Fsp3) is 0.0556. The van der Waals surface area contributed by atoms with E-state index in [9.17, 15) is 14.0 Å². The number of amides is 1. The molecule has 0 aliphatic rings. The Balaban J connectivity index is 2.05. The second-order valence-corrected chi connectivity index (χ2v) is 4.70. The van der Waals surface area contributed by atoms with Crippen molar-refractivity contribution in [2.24, 2.45) is 5.92 Å². The second kappa shape index (κ2) is 7.66. The maximum atomic E-state index is 12.8. The molecule has 1 unspecified atom stereocenters. The van der Waals surface area contributed by atoms with Crippen molar-refractivity contribution in [1.29, 1.82) is 5.26 Å². The molecule has 0 radical (unpaired) electrons. The molecule has 0 saturated heterocycles. The summed E-state index contributed by atoms with van der Waals surface area (Å²) in [5, 5.41) is 11.6. The number of carbonyl (C=O) groups excluding carboxylic acids is 2. The fourth-order valence-corrected chi connectivity index (χ4v) is 1.84. The van der Waals surface area contributed by atoms with Crippen molar-refractivity contribution in [3.05, 3.63) is 72.1 Å². The van der Waals surface area contributed by atoms with Crippen LogP contribution in [0.15, 0.2) is 60.7 Å². The summed E-state index contributed by atoms with van der Waals surface area (Å²) >= 11 is 0. The molecule has 0 aromatic heterocycles. The Bertz CT molecular complexity index is 762. The van der Waals surface area contributed by atoms with Gasteiger partial charge in [0.15, 0.2) is 11.7 Å². The van der Waals surface area contributed by atoms with Crippen LogP contribution in [0.25, 0.3) is 6.08 Å². The zero-order valence-corrected chi connectivity index (χ0v) is 12.1. The first-order chi connectivity index (χ1) is 11.1. The van der Waals surface area contributed by atoms with Gasteiger partial charge in [0, 0.05) is 5.69 Å². The summed E-state index contributed by atoms with van der Waals surface area (Å²) in [6.45, 7) is 0. The summed E-state index contributed by atoms with van der Waals surface area (Å²) < 4.78 is 12.8. The smallest absolute Gasteiger partial charge is 0.249 e. The third kappa shape index (κ3) is 4.61. The van der Waals surface area contributed by atoms with E-state index in [1.165, 1.54) is 30.3 Å². The Morgan fingerprint density at radius 2 is 1.74 bits per heavy atom. The van der Waals surface area contributed by atoms with Gasteiger partial charge in [-0.25, -0.2) is 4.39 Å². The number of nitriles is 1. The highest BCUT2D eigenvalue weighted by Gasteiger charge is 2.24. The molecule has 5 heteroatoms. The highest BCUT2D eigenvalue weighted by molar-refractivity contribution is 6.14.